The van der Waals surface area contributed by atoms with Gasteiger partial charge in [0, 0.05) is 18.7 Å². The van der Waals surface area contributed by atoms with Crippen molar-refractivity contribution in [3.8, 4) is 0 Å². The van der Waals surface area contributed by atoms with E-state index in [9.17, 15) is 14.9 Å². The Morgan fingerprint density at radius 3 is 2.81 bits per heavy atom. The molecule has 0 unspecified atom stereocenters. The lowest BCUT2D eigenvalue weighted by molar-refractivity contribution is -0.384. The van der Waals surface area contributed by atoms with Gasteiger partial charge in [-0.3, -0.25) is 14.9 Å². The Bertz CT molecular complexity index is 638. The summed E-state index contributed by atoms with van der Waals surface area (Å²) in [4.78, 5) is 22.8. The lowest BCUT2D eigenvalue weighted by Gasteiger charge is -2.09. The van der Waals surface area contributed by atoms with Crippen LogP contribution in [0.1, 0.15) is 22.8 Å². The van der Waals surface area contributed by atoms with Gasteiger partial charge in [-0.25, -0.2) is 0 Å². The van der Waals surface area contributed by atoms with Crippen LogP contribution in [0.4, 0.5) is 11.4 Å². The minimum atomic E-state index is -0.551. The molecule has 0 aliphatic heterocycles. The first-order valence-electron chi connectivity index (χ1n) is 6.44. The number of carbonyl (C=O) groups excluding carboxylic acids is 1. The second-order valence-electron chi connectivity index (χ2n) is 4.30. The van der Waals surface area contributed by atoms with Gasteiger partial charge in [0.05, 0.1) is 17.4 Å². The van der Waals surface area contributed by atoms with Gasteiger partial charge in [0.15, 0.2) is 0 Å². The van der Waals surface area contributed by atoms with Gasteiger partial charge in [-0.05, 0) is 25.1 Å². The summed E-state index contributed by atoms with van der Waals surface area (Å²) in [6.07, 6.45) is 3.00. The number of para-hydroxylation sites is 1. The molecule has 0 fully saturated rings. The quantitative estimate of drug-likeness (QED) is 0.629. The highest BCUT2D eigenvalue weighted by molar-refractivity contribution is 6.00. The molecule has 1 heterocycles. The van der Waals surface area contributed by atoms with Crippen LogP contribution in [-0.2, 0) is 6.54 Å². The molecule has 0 spiro atoms. The first kappa shape index (κ1) is 14.6. The predicted molar refractivity (Wildman–Crippen MR) is 77.1 cm³/mol. The van der Waals surface area contributed by atoms with E-state index >= 15 is 0 Å². The van der Waals surface area contributed by atoms with Gasteiger partial charge in [-0.2, -0.15) is 0 Å². The van der Waals surface area contributed by atoms with Crippen molar-refractivity contribution >= 4 is 17.3 Å². The number of carbonyl (C=O) groups is 1. The molecule has 0 aliphatic rings. The summed E-state index contributed by atoms with van der Waals surface area (Å²) in [7, 11) is 0. The normalized spacial score (nSPS) is 10.1. The molecule has 110 valence electrons. The van der Waals surface area contributed by atoms with Gasteiger partial charge in [-0.15, -0.1) is 0 Å². The van der Waals surface area contributed by atoms with E-state index in [0.29, 0.717) is 12.2 Å². The van der Waals surface area contributed by atoms with Crippen molar-refractivity contribution in [2.75, 3.05) is 11.9 Å². The van der Waals surface area contributed by atoms with Crippen LogP contribution in [0.25, 0.3) is 0 Å². The van der Waals surface area contributed by atoms with Crippen molar-refractivity contribution in [2.45, 2.75) is 13.5 Å². The number of nitrogens with zero attached hydrogens (tertiary/aromatic N) is 1. The molecule has 1 amide bonds. The molecular weight excluding hydrogens is 274 g/mol. The number of nitro groups is 1. The molecule has 2 N–H and O–H groups in total. The van der Waals surface area contributed by atoms with E-state index in [1.54, 1.807) is 18.2 Å². The van der Waals surface area contributed by atoms with Gasteiger partial charge < -0.3 is 15.1 Å². The summed E-state index contributed by atoms with van der Waals surface area (Å²) in [5, 5.41) is 16.7. The van der Waals surface area contributed by atoms with E-state index < -0.39 is 10.8 Å². The van der Waals surface area contributed by atoms with Crippen molar-refractivity contribution in [3.05, 3.63) is 58.0 Å². The highest BCUT2D eigenvalue weighted by atomic mass is 16.6. The van der Waals surface area contributed by atoms with Crippen LogP contribution in [0.15, 0.2) is 41.2 Å². The van der Waals surface area contributed by atoms with Gasteiger partial charge in [0.1, 0.15) is 11.3 Å². The average Bonchev–Trinajstić information content (AvgIpc) is 2.98. The number of amides is 1. The number of benzene rings is 1. The highest BCUT2D eigenvalue weighted by Gasteiger charge is 2.24. The van der Waals surface area contributed by atoms with Crippen LogP contribution in [0.5, 0.6) is 0 Å². The van der Waals surface area contributed by atoms with E-state index in [-0.39, 0.29) is 17.8 Å². The molecule has 7 heteroatoms. The molecule has 0 bridgehead atoms. The predicted octanol–water partition coefficient (Wildman–Crippen LogP) is 2.55. The molecule has 7 nitrogen and oxygen atoms in total. The third-order valence-electron chi connectivity index (χ3n) is 2.86. The molecule has 0 radical (unpaired) electrons. The smallest absolute Gasteiger partial charge is 0.305 e. The van der Waals surface area contributed by atoms with E-state index in [4.69, 9.17) is 4.42 Å². The Balaban J connectivity index is 2.23. The Labute approximate surface area is 121 Å². The summed E-state index contributed by atoms with van der Waals surface area (Å²) < 4.78 is 4.90. The third kappa shape index (κ3) is 3.38. The maximum absolute atomic E-state index is 12.1. The zero-order chi connectivity index (χ0) is 15.2. The van der Waals surface area contributed by atoms with Gasteiger partial charge in [0.25, 0.3) is 5.91 Å². The second kappa shape index (κ2) is 6.56. The van der Waals surface area contributed by atoms with Crippen LogP contribution >= 0.6 is 0 Å². The van der Waals surface area contributed by atoms with E-state index in [0.717, 1.165) is 5.56 Å². The number of rotatable bonds is 6. The maximum atomic E-state index is 12.1. The average molecular weight is 289 g/mol. The number of furan rings is 1. The molecule has 1 aromatic heterocycles. The third-order valence-corrected chi connectivity index (χ3v) is 2.86. The van der Waals surface area contributed by atoms with Crippen LogP contribution in [0.2, 0.25) is 0 Å². The highest BCUT2D eigenvalue weighted by Crippen LogP contribution is 2.28. The first-order chi connectivity index (χ1) is 10.1. The van der Waals surface area contributed by atoms with Crippen LogP contribution < -0.4 is 10.6 Å². The topological polar surface area (TPSA) is 97.4 Å². The summed E-state index contributed by atoms with van der Waals surface area (Å²) in [5.74, 6) is -0.498. The minimum Gasteiger partial charge on any atom is -0.472 e. The monoisotopic (exact) mass is 289 g/mol. The molecule has 0 atom stereocenters. The fourth-order valence-electron chi connectivity index (χ4n) is 1.93. The Morgan fingerprint density at radius 2 is 2.19 bits per heavy atom. The lowest BCUT2D eigenvalue weighted by atomic mass is 10.1. The van der Waals surface area contributed by atoms with E-state index in [1.807, 2.05) is 6.92 Å². The van der Waals surface area contributed by atoms with E-state index in [2.05, 4.69) is 10.6 Å². The largest absolute Gasteiger partial charge is 0.472 e. The number of nitrogens with one attached hydrogen (secondary N) is 2. The standard InChI is InChI=1S/C14H15N3O4/c1-2-15-12-5-3-4-11(13(12)17(19)20)14(18)16-8-10-6-7-21-9-10/h3-7,9,15H,2,8H2,1H3,(H,16,18). The summed E-state index contributed by atoms with van der Waals surface area (Å²) in [5.41, 5.74) is 0.929. The maximum Gasteiger partial charge on any atom is 0.305 e. The van der Waals surface area contributed by atoms with Crippen molar-refractivity contribution in [1.82, 2.24) is 5.32 Å². The molecule has 1 aromatic carbocycles. The minimum absolute atomic E-state index is 0.0296. The molecule has 2 aromatic rings. The first-order valence-corrected chi connectivity index (χ1v) is 6.44. The zero-order valence-corrected chi connectivity index (χ0v) is 11.5. The fourth-order valence-corrected chi connectivity index (χ4v) is 1.93. The Morgan fingerprint density at radius 1 is 1.38 bits per heavy atom. The van der Waals surface area contributed by atoms with Gasteiger partial charge in [-0.1, -0.05) is 6.07 Å². The number of hydrogen-bond donors (Lipinski definition) is 2. The molecule has 0 aliphatic carbocycles. The van der Waals surface area contributed by atoms with Crippen LogP contribution in [0.3, 0.4) is 0 Å². The summed E-state index contributed by atoms with van der Waals surface area (Å²) in [6.45, 7) is 2.61. The van der Waals surface area contributed by atoms with Gasteiger partial charge in [0.2, 0.25) is 0 Å². The van der Waals surface area contributed by atoms with Gasteiger partial charge >= 0.3 is 5.69 Å². The van der Waals surface area contributed by atoms with Crippen molar-refractivity contribution in [2.24, 2.45) is 0 Å². The van der Waals surface area contributed by atoms with E-state index in [1.165, 1.54) is 18.6 Å². The van der Waals surface area contributed by atoms with Crippen molar-refractivity contribution in [3.63, 3.8) is 0 Å². The summed E-state index contributed by atoms with van der Waals surface area (Å²) >= 11 is 0. The number of hydrogen-bond acceptors (Lipinski definition) is 5. The lowest BCUT2D eigenvalue weighted by Crippen LogP contribution is -2.23. The number of nitro benzene ring substituents is 1. The molecule has 0 saturated carbocycles. The van der Waals surface area contributed by atoms with Crippen molar-refractivity contribution in [1.29, 1.82) is 0 Å². The Kier molecular flexibility index (Phi) is 4.55. The second-order valence-corrected chi connectivity index (χ2v) is 4.30. The Hall–Kier alpha value is -2.83. The van der Waals surface area contributed by atoms with Crippen LogP contribution in [-0.4, -0.2) is 17.4 Å². The zero-order valence-electron chi connectivity index (χ0n) is 11.5. The SMILES string of the molecule is CCNc1cccc(C(=O)NCc2ccoc2)c1[N+](=O)[O-]. The molecular formula is C14H15N3O4. The van der Waals surface area contributed by atoms with Crippen LogP contribution in [0, 0.1) is 10.1 Å². The summed E-state index contributed by atoms with van der Waals surface area (Å²) in [6, 6.07) is 6.33. The van der Waals surface area contributed by atoms with Crippen molar-refractivity contribution < 1.29 is 14.1 Å². The molecule has 2 rings (SSSR count). The molecule has 21 heavy (non-hydrogen) atoms. The molecule has 0 saturated heterocycles. The fraction of sp³-hybridized carbons (Fsp3) is 0.214. The number of anilines is 1.